The largest absolute Gasteiger partial charge is 0.392 e. The minimum Gasteiger partial charge on any atom is -0.392 e. The Balaban J connectivity index is 1.86. The van der Waals surface area contributed by atoms with Gasteiger partial charge in [-0.25, -0.2) is 13.2 Å². The Morgan fingerprint density at radius 2 is 1.82 bits per heavy atom. The van der Waals surface area contributed by atoms with Gasteiger partial charge in [-0.15, -0.1) is 0 Å². The molecular weight excluding hydrogens is 231 g/mol. The van der Waals surface area contributed by atoms with Gasteiger partial charge in [-0.3, -0.25) is 0 Å². The number of benzene rings is 1. The monoisotopic (exact) mass is 245 g/mol. The van der Waals surface area contributed by atoms with Crippen LogP contribution in [0, 0.1) is 23.4 Å². The molecule has 1 aliphatic rings. The first-order valence-corrected chi connectivity index (χ1v) is 5.60. The standard InChI is InChI=1S/C12H14F3NO/c13-9-3-7(4-10(14)12(9)15)5-16-6-11(17)8-1-2-8/h3-4,8,11,16-17H,1-2,5-6H2. The molecule has 0 radical (unpaired) electrons. The van der Waals surface area contributed by atoms with Crippen molar-refractivity contribution in [1.82, 2.24) is 5.32 Å². The second-order valence-corrected chi connectivity index (χ2v) is 4.41. The van der Waals surface area contributed by atoms with E-state index in [-0.39, 0.29) is 6.54 Å². The molecule has 0 aromatic heterocycles. The molecule has 1 atom stereocenters. The first-order chi connectivity index (χ1) is 8.08. The van der Waals surface area contributed by atoms with Crippen LogP contribution in [-0.2, 0) is 6.54 Å². The van der Waals surface area contributed by atoms with Crippen LogP contribution in [0.3, 0.4) is 0 Å². The summed E-state index contributed by atoms with van der Waals surface area (Å²) < 4.78 is 38.4. The third-order valence-electron chi connectivity index (χ3n) is 2.89. The lowest BCUT2D eigenvalue weighted by Crippen LogP contribution is -2.27. The number of hydrogen-bond donors (Lipinski definition) is 2. The molecule has 1 aromatic rings. The first-order valence-electron chi connectivity index (χ1n) is 5.60. The van der Waals surface area contributed by atoms with Crippen LogP contribution in [0.1, 0.15) is 18.4 Å². The molecule has 2 rings (SSSR count). The first kappa shape index (κ1) is 12.4. The van der Waals surface area contributed by atoms with E-state index in [0.717, 1.165) is 25.0 Å². The maximum Gasteiger partial charge on any atom is 0.194 e. The van der Waals surface area contributed by atoms with Gasteiger partial charge in [0.2, 0.25) is 0 Å². The van der Waals surface area contributed by atoms with Crippen molar-refractivity contribution in [2.45, 2.75) is 25.5 Å². The minimum absolute atomic E-state index is 0.206. The Kier molecular flexibility index (Phi) is 3.69. The van der Waals surface area contributed by atoms with E-state index in [0.29, 0.717) is 18.0 Å². The maximum absolute atomic E-state index is 12.9. The summed E-state index contributed by atoms with van der Waals surface area (Å²) in [5.74, 6) is -3.48. The van der Waals surface area contributed by atoms with E-state index in [1.54, 1.807) is 0 Å². The summed E-state index contributed by atoms with van der Waals surface area (Å²) in [6.45, 7) is 0.586. The molecule has 0 spiro atoms. The van der Waals surface area contributed by atoms with E-state index < -0.39 is 23.6 Å². The molecule has 5 heteroatoms. The van der Waals surface area contributed by atoms with Gasteiger partial charge in [-0.2, -0.15) is 0 Å². The highest BCUT2D eigenvalue weighted by Crippen LogP contribution is 2.32. The summed E-state index contributed by atoms with van der Waals surface area (Å²) in [6, 6.07) is 1.91. The maximum atomic E-state index is 12.9. The Morgan fingerprint density at radius 1 is 1.24 bits per heavy atom. The van der Waals surface area contributed by atoms with Crippen LogP contribution in [0.4, 0.5) is 13.2 Å². The number of aliphatic hydroxyl groups excluding tert-OH is 1. The van der Waals surface area contributed by atoms with E-state index in [1.165, 1.54) is 0 Å². The van der Waals surface area contributed by atoms with Gasteiger partial charge in [0.1, 0.15) is 0 Å². The zero-order valence-corrected chi connectivity index (χ0v) is 9.22. The van der Waals surface area contributed by atoms with Crippen molar-refractivity contribution < 1.29 is 18.3 Å². The average Bonchev–Trinajstić information content (AvgIpc) is 3.09. The number of aliphatic hydroxyl groups is 1. The average molecular weight is 245 g/mol. The molecule has 17 heavy (non-hydrogen) atoms. The molecule has 2 N–H and O–H groups in total. The summed E-state index contributed by atoms with van der Waals surface area (Å²) in [6.07, 6.45) is 1.65. The molecular formula is C12H14F3NO. The van der Waals surface area contributed by atoms with Crippen LogP contribution < -0.4 is 5.32 Å². The lowest BCUT2D eigenvalue weighted by molar-refractivity contribution is 0.148. The highest BCUT2D eigenvalue weighted by Gasteiger charge is 2.29. The van der Waals surface area contributed by atoms with Crippen molar-refractivity contribution >= 4 is 0 Å². The molecule has 1 saturated carbocycles. The van der Waals surface area contributed by atoms with E-state index in [9.17, 15) is 18.3 Å². The van der Waals surface area contributed by atoms with Gasteiger partial charge < -0.3 is 10.4 Å². The van der Waals surface area contributed by atoms with Gasteiger partial charge in [-0.1, -0.05) is 0 Å². The number of nitrogens with one attached hydrogen (secondary N) is 1. The quantitative estimate of drug-likeness (QED) is 0.777. The predicted molar refractivity (Wildman–Crippen MR) is 56.8 cm³/mol. The summed E-state index contributed by atoms with van der Waals surface area (Å²) in [7, 11) is 0. The highest BCUT2D eigenvalue weighted by atomic mass is 19.2. The molecule has 1 aliphatic carbocycles. The molecule has 0 amide bonds. The van der Waals surface area contributed by atoms with Crippen molar-refractivity contribution in [3.63, 3.8) is 0 Å². The van der Waals surface area contributed by atoms with Gasteiger partial charge in [0, 0.05) is 13.1 Å². The second kappa shape index (κ2) is 5.06. The zero-order valence-electron chi connectivity index (χ0n) is 9.22. The molecule has 1 unspecified atom stereocenters. The lowest BCUT2D eigenvalue weighted by Gasteiger charge is -2.10. The minimum atomic E-state index is -1.45. The molecule has 0 bridgehead atoms. The molecule has 0 saturated heterocycles. The van der Waals surface area contributed by atoms with Gasteiger partial charge in [0.25, 0.3) is 0 Å². The van der Waals surface area contributed by atoms with E-state index in [1.807, 2.05) is 0 Å². The van der Waals surface area contributed by atoms with Gasteiger partial charge in [-0.05, 0) is 36.5 Å². The van der Waals surface area contributed by atoms with Gasteiger partial charge in [0.05, 0.1) is 6.10 Å². The van der Waals surface area contributed by atoms with E-state index in [4.69, 9.17) is 0 Å². The highest BCUT2D eigenvalue weighted by molar-refractivity contribution is 5.19. The van der Waals surface area contributed by atoms with Gasteiger partial charge in [0.15, 0.2) is 17.5 Å². The van der Waals surface area contributed by atoms with Crippen molar-refractivity contribution in [3.8, 4) is 0 Å². The fourth-order valence-electron chi connectivity index (χ4n) is 1.72. The molecule has 2 nitrogen and oxygen atoms in total. The van der Waals surface area contributed by atoms with Crippen LogP contribution in [0.25, 0.3) is 0 Å². The zero-order chi connectivity index (χ0) is 12.4. The van der Waals surface area contributed by atoms with Crippen LogP contribution >= 0.6 is 0 Å². The molecule has 0 aliphatic heterocycles. The van der Waals surface area contributed by atoms with Crippen LogP contribution in [-0.4, -0.2) is 17.8 Å². The fraction of sp³-hybridized carbons (Fsp3) is 0.500. The summed E-state index contributed by atoms with van der Waals surface area (Å²) in [5, 5.41) is 12.4. The third kappa shape index (κ3) is 3.20. The summed E-state index contributed by atoms with van der Waals surface area (Å²) in [4.78, 5) is 0. The van der Waals surface area contributed by atoms with Crippen LogP contribution in [0.5, 0.6) is 0 Å². The summed E-state index contributed by atoms with van der Waals surface area (Å²) >= 11 is 0. The molecule has 0 heterocycles. The number of halogens is 3. The van der Waals surface area contributed by atoms with Crippen molar-refractivity contribution in [1.29, 1.82) is 0 Å². The SMILES string of the molecule is OC(CNCc1cc(F)c(F)c(F)c1)C1CC1. The fourth-order valence-corrected chi connectivity index (χ4v) is 1.72. The predicted octanol–water partition coefficient (Wildman–Crippen LogP) is 1.96. The Bertz CT molecular complexity index is 384. The number of rotatable bonds is 5. The molecule has 1 fully saturated rings. The van der Waals surface area contributed by atoms with Gasteiger partial charge >= 0.3 is 0 Å². The van der Waals surface area contributed by atoms with Crippen molar-refractivity contribution in [2.24, 2.45) is 5.92 Å². The van der Waals surface area contributed by atoms with Crippen LogP contribution in [0.2, 0.25) is 0 Å². The Labute approximate surface area is 97.5 Å². The van der Waals surface area contributed by atoms with E-state index >= 15 is 0 Å². The Morgan fingerprint density at radius 3 is 2.35 bits per heavy atom. The Hall–Kier alpha value is -1.07. The van der Waals surface area contributed by atoms with E-state index in [2.05, 4.69) is 5.32 Å². The van der Waals surface area contributed by atoms with Crippen molar-refractivity contribution in [3.05, 3.63) is 35.1 Å². The number of hydrogen-bond acceptors (Lipinski definition) is 2. The molecule has 1 aromatic carbocycles. The smallest absolute Gasteiger partial charge is 0.194 e. The van der Waals surface area contributed by atoms with Crippen molar-refractivity contribution in [2.75, 3.05) is 6.54 Å². The third-order valence-corrected chi connectivity index (χ3v) is 2.89. The normalized spacial score (nSPS) is 17.2. The second-order valence-electron chi connectivity index (χ2n) is 4.41. The van der Waals surface area contributed by atoms with Crippen LogP contribution in [0.15, 0.2) is 12.1 Å². The molecule has 94 valence electrons. The topological polar surface area (TPSA) is 32.3 Å². The lowest BCUT2D eigenvalue weighted by atomic mass is 10.2. The summed E-state index contributed by atoms with van der Waals surface area (Å²) in [5.41, 5.74) is 0.324.